The van der Waals surface area contributed by atoms with E-state index in [4.69, 9.17) is 4.74 Å². The molecule has 15 heteroatoms. The summed E-state index contributed by atoms with van der Waals surface area (Å²) in [5.41, 5.74) is 5.39. The quantitative estimate of drug-likeness (QED) is 0.0851. The van der Waals surface area contributed by atoms with Crippen molar-refractivity contribution in [2.45, 2.75) is 70.4 Å². The normalized spacial score (nSPS) is 15.8. The van der Waals surface area contributed by atoms with Gasteiger partial charge in [-0.2, -0.15) is 0 Å². The van der Waals surface area contributed by atoms with Crippen molar-refractivity contribution >= 4 is 58.3 Å². The van der Waals surface area contributed by atoms with E-state index >= 15 is 0 Å². The smallest absolute Gasteiger partial charge is 0.266 e. The van der Waals surface area contributed by atoms with Gasteiger partial charge in [0.25, 0.3) is 17.7 Å². The third-order valence-electron chi connectivity index (χ3n) is 9.95. The minimum absolute atomic E-state index is 0.00428. The molecule has 4 heterocycles. The van der Waals surface area contributed by atoms with Gasteiger partial charge in [0.05, 0.1) is 29.1 Å². The van der Waals surface area contributed by atoms with E-state index in [2.05, 4.69) is 42.3 Å². The Morgan fingerprint density at radius 1 is 0.807 bits per heavy atom. The Bertz CT molecular complexity index is 2260. The van der Waals surface area contributed by atoms with Crippen LogP contribution in [0.25, 0.3) is 0 Å². The van der Waals surface area contributed by atoms with Gasteiger partial charge in [0.1, 0.15) is 23.9 Å². The number of benzene rings is 3. The van der Waals surface area contributed by atoms with E-state index in [0.717, 1.165) is 66.1 Å². The van der Waals surface area contributed by atoms with Gasteiger partial charge < -0.3 is 20.7 Å². The number of carbonyl (C=O) groups excluding carboxylic acids is 6. The molecular formula is C42H42N8O7. The van der Waals surface area contributed by atoms with Gasteiger partial charge in [0, 0.05) is 42.4 Å². The minimum Gasteiger partial charge on any atom is -0.483 e. The number of anilines is 3. The molecule has 0 spiro atoms. The van der Waals surface area contributed by atoms with E-state index in [0.29, 0.717) is 31.0 Å². The highest BCUT2D eigenvalue weighted by molar-refractivity contribution is 6.24. The Balaban J connectivity index is 0.759. The van der Waals surface area contributed by atoms with Crippen LogP contribution in [0.5, 0.6) is 5.75 Å². The van der Waals surface area contributed by atoms with Crippen LogP contribution >= 0.6 is 0 Å². The zero-order valence-corrected chi connectivity index (χ0v) is 31.2. The molecule has 15 nitrogen and oxygen atoms in total. The van der Waals surface area contributed by atoms with Crippen molar-refractivity contribution in [1.82, 2.24) is 25.5 Å². The van der Waals surface area contributed by atoms with Crippen molar-refractivity contribution in [1.29, 1.82) is 0 Å². The molecule has 1 unspecified atom stereocenters. The lowest BCUT2D eigenvalue weighted by Crippen LogP contribution is -2.54. The maximum absolute atomic E-state index is 13.2. The summed E-state index contributed by atoms with van der Waals surface area (Å²) >= 11 is 0. The summed E-state index contributed by atoms with van der Waals surface area (Å²) < 4.78 is 5.64. The van der Waals surface area contributed by atoms with Gasteiger partial charge in [-0.1, -0.05) is 62.1 Å². The van der Waals surface area contributed by atoms with E-state index in [1.54, 1.807) is 6.07 Å². The molecule has 0 radical (unpaired) electrons. The molecule has 6 amide bonds. The molecule has 0 saturated carbocycles. The first-order chi connectivity index (χ1) is 27.7. The average molecular weight is 771 g/mol. The summed E-state index contributed by atoms with van der Waals surface area (Å²) in [6, 6.07) is 20.9. The first-order valence-electron chi connectivity index (χ1n) is 19.1. The van der Waals surface area contributed by atoms with Crippen molar-refractivity contribution in [3.63, 3.8) is 0 Å². The Hall–Kier alpha value is -6.77. The van der Waals surface area contributed by atoms with Gasteiger partial charge in [-0.3, -0.25) is 44.0 Å². The maximum atomic E-state index is 13.2. The second-order valence-electron chi connectivity index (χ2n) is 14.0. The molecular weight excluding hydrogens is 729 g/mol. The Morgan fingerprint density at radius 3 is 2.44 bits per heavy atom. The Morgan fingerprint density at radius 2 is 1.58 bits per heavy atom. The molecule has 4 aromatic rings. The topological polar surface area (TPSA) is 201 Å². The molecule has 57 heavy (non-hydrogen) atoms. The summed E-state index contributed by atoms with van der Waals surface area (Å²) in [5.74, 6) is -2.22. The fourth-order valence-corrected chi connectivity index (χ4v) is 7.10. The lowest BCUT2D eigenvalue weighted by molar-refractivity contribution is -0.136. The van der Waals surface area contributed by atoms with Crippen LogP contribution in [-0.4, -0.2) is 75.2 Å². The predicted octanol–water partition coefficient (Wildman–Crippen LogP) is 4.84. The summed E-state index contributed by atoms with van der Waals surface area (Å²) in [5, 5.41) is 11.3. The lowest BCUT2D eigenvalue weighted by atomic mass is 10.0. The number of aliphatic imine (C=N–C) groups is 1. The number of ether oxygens (including phenoxy) is 1. The predicted molar refractivity (Wildman–Crippen MR) is 210 cm³/mol. The molecule has 1 saturated heterocycles. The maximum Gasteiger partial charge on any atom is 0.266 e. The molecule has 3 aliphatic heterocycles. The minimum atomic E-state index is -1.09. The van der Waals surface area contributed by atoms with Crippen LogP contribution in [0, 0.1) is 0 Å². The van der Waals surface area contributed by atoms with Crippen molar-refractivity contribution < 1.29 is 33.5 Å². The van der Waals surface area contributed by atoms with Crippen LogP contribution in [0.15, 0.2) is 84.1 Å². The number of carbonyl (C=O) groups is 6. The highest BCUT2D eigenvalue weighted by Crippen LogP contribution is 2.33. The van der Waals surface area contributed by atoms with E-state index in [-0.39, 0.29) is 48.1 Å². The first-order valence-corrected chi connectivity index (χ1v) is 19.1. The number of fused-ring (bicyclic) bond motifs is 2. The van der Waals surface area contributed by atoms with Gasteiger partial charge in [0.15, 0.2) is 6.61 Å². The number of piperidine rings is 1. The molecule has 3 aromatic carbocycles. The van der Waals surface area contributed by atoms with Crippen molar-refractivity contribution in [3.8, 4) is 5.75 Å². The van der Waals surface area contributed by atoms with Crippen LogP contribution in [0.4, 0.5) is 17.2 Å². The number of rotatable bonds is 17. The fraction of sp³-hybridized carbons (Fsp3) is 0.310. The molecule has 292 valence electrons. The fourth-order valence-electron chi connectivity index (χ4n) is 7.10. The number of nitrogens with zero attached hydrogens (tertiary/aromatic N) is 4. The van der Waals surface area contributed by atoms with Crippen LogP contribution in [0.3, 0.4) is 0 Å². The Labute approximate surface area is 328 Å². The number of hydrogen-bond acceptors (Lipinski definition) is 11. The highest BCUT2D eigenvalue weighted by atomic mass is 16.5. The second kappa shape index (κ2) is 17.8. The summed E-state index contributed by atoms with van der Waals surface area (Å²) in [4.78, 5) is 89.6. The highest BCUT2D eigenvalue weighted by Gasteiger charge is 2.46. The number of aromatic nitrogens is 2. The first kappa shape index (κ1) is 38.5. The molecule has 7 rings (SSSR count). The SMILES string of the molecule is O=C(COc1cccc2c1C(=O)N(C1CCC(=O)NC1=O)C2=O)NCCCCCCCCC(=O)Nc1cccc(Nc2cc(C3=NCc4ccccc43)ncn2)c1. The zero-order valence-electron chi connectivity index (χ0n) is 31.2. The van der Waals surface area contributed by atoms with E-state index < -0.39 is 29.7 Å². The average Bonchev–Trinajstić information content (AvgIpc) is 3.75. The van der Waals surface area contributed by atoms with Crippen molar-refractivity contribution in [2.24, 2.45) is 4.99 Å². The van der Waals surface area contributed by atoms with Crippen LogP contribution in [0.1, 0.15) is 95.3 Å². The van der Waals surface area contributed by atoms with Crippen LogP contribution < -0.4 is 26.0 Å². The van der Waals surface area contributed by atoms with Gasteiger partial charge in [0.2, 0.25) is 17.7 Å². The summed E-state index contributed by atoms with van der Waals surface area (Å²) in [6.07, 6.45) is 7.25. The molecule has 3 aliphatic rings. The van der Waals surface area contributed by atoms with Crippen LogP contribution in [0.2, 0.25) is 0 Å². The summed E-state index contributed by atoms with van der Waals surface area (Å²) in [7, 11) is 0. The molecule has 1 aromatic heterocycles. The van der Waals surface area contributed by atoms with E-state index in [1.165, 1.54) is 24.0 Å². The largest absolute Gasteiger partial charge is 0.483 e. The third kappa shape index (κ3) is 9.20. The monoisotopic (exact) mass is 770 g/mol. The number of nitrogens with one attached hydrogen (secondary N) is 4. The number of hydrogen-bond donors (Lipinski definition) is 4. The molecule has 4 N–H and O–H groups in total. The van der Waals surface area contributed by atoms with E-state index in [9.17, 15) is 28.8 Å². The van der Waals surface area contributed by atoms with E-state index in [1.807, 2.05) is 48.5 Å². The standard InChI is InChI=1S/C42H42N8O7/c51-35(48-28-13-9-12-27(21-28)47-34-22-31(45-25-46-34)39-29-14-7-6-11-26(29)23-44-39)17-5-3-1-2-4-8-20-43-37(53)24-57-33-16-10-15-30-38(33)42(56)50(41(30)55)32-18-19-36(52)49-40(32)54/h6-7,9-16,21-22,25,32H,1-5,8,17-20,23-24H2,(H,43,53)(H,48,51)(H,45,46,47)(H,49,52,54). The molecule has 0 aliphatic carbocycles. The third-order valence-corrected chi connectivity index (χ3v) is 9.95. The second-order valence-corrected chi connectivity index (χ2v) is 14.0. The molecule has 1 atom stereocenters. The van der Waals surface area contributed by atoms with Crippen molar-refractivity contribution in [3.05, 3.63) is 107 Å². The summed E-state index contributed by atoms with van der Waals surface area (Å²) in [6.45, 7) is 0.735. The van der Waals surface area contributed by atoms with Crippen LogP contribution in [-0.2, 0) is 25.7 Å². The lowest BCUT2D eigenvalue weighted by Gasteiger charge is -2.27. The zero-order chi connectivity index (χ0) is 39.7. The molecule has 1 fully saturated rings. The van der Waals surface area contributed by atoms with Gasteiger partial charge in [-0.25, -0.2) is 9.97 Å². The van der Waals surface area contributed by atoms with Gasteiger partial charge >= 0.3 is 0 Å². The number of amides is 6. The number of unbranched alkanes of at least 4 members (excludes halogenated alkanes) is 5. The van der Waals surface area contributed by atoms with Crippen molar-refractivity contribution in [2.75, 3.05) is 23.8 Å². The van der Waals surface area contributed by atoms with Gasteiger partial charge in [-0.15, -0.1) is 0 Å². The van der Waals surface area contributed by atoms with Gasteiger partial charge in [-0.05, 0) is 55.2 Å². The number of imide groups is 2. The Kier molecular flexibility index (Phi) is 12.0. The molecule has 0 bridgehead atoms.